The second-order valence-corrected chi connectivity index (χ2v) is 7.35. The van der Waals surface area contributed by atoms with Crippen molar-refractivity contribution in [2.45, 2.75) is 33.4 Å². The number of hydrogen-bond acceptors (Lipinski definition) is 6. The lowest BCUT2D eigenvalue weighted by Crippen LogP contribution is -2.44. The zero-order valence-electron chi connectivity index (χ0n) is 16.1. The van der Waals surface area contributed by atoms with Gasteiger partial charge in [-0.3, -0.25) is 14.2 Å². The number of fused-ring (bicyclic) bond motifs is 1. The lowest BCUT2D eigenvalue weighted by atomic mass is 10.1. The molecule has 0 atom stereocenters. The van der Waals surface area contributed by atoms with Gasteiger partial charge in [0.05, 0.1) is 0 Å². The normalized spacial score (nSPS) is 15.0. The summed E-state index contributed by atoms with van der Waals surface area (Å²) in [7, 11) is 1.56. The molecule has 0 unspecified atom stereocenters. The number of aryl methyl sites for hydroxylation is 2. The molecule has 1 saturated heterocycles. The minimum absolute atomic E-state index is 0.336. The van der Waals surface area contributed by atoms with Crippen molar-refractivity contribution in [3.8, 4) is 0 Å². The van der Waals surface area contributed by atoms with E-state index >= 15 is 0 Å². The molecule has 0 radical (unpaired) electrons. The van der Waals surface area contributed by atoms with Crippen LogP contribution in [-0.4, -0.2) is 50.8 Å². The first-order valence-electron chi connectivity index (χ1n) is 9.25. The lowest BCUT2D eigenvalue weighted by Gasteiger charge is -2.29. The SMILES string of the molecule is CC(C)CCn1c(N2CCNCC2)nc2c1c(=O)n(CC(N)=O)c(=O)n2C. The van der Waals surface area contributed by atoms with Gasteiger partial charge >= 0.3 is 5.69 Å². The summed E-state index contributed by atoms with van der Waals surface area (Å²) >= 11 is 0. The van der Waals surface area contributed by atoms with Crippen LogP contribution < -0.4 is 27.2 Å². The summed E-state index contributed by atoms with van der Waals surface area (Å²) in [6.45, 7) is 7.60. The van der Waals surface area contributed by atoms with Crippen LogP contribution in [0.25, 0.3) is 11.2 Å². The van der Waals surface area contributed by atoms with Crippen molar-refractivity contribution in [2.75, 3.05) is 31.1 Å². The highest BCUT2D eigenvalue weighted by Crippen LogP contribution is 2.21. The van der Waals surface area contributed by atoms with E-state index in [0.29, 0.717) is 29.6 Å². The third-order valence-electron chi connectivity index (χ3n) is 4.86. The Hall–Kier alpha value is -2.62. The maximum Gasteiger partial charge on any atom is 0.332 e. The van der Waals surface area contributed by atoms with E-state index in [1.165, 1.54) is 4.57 Å². The van der Waals surface area contributed by atoms with E-state index in [2.05, 4.69) is 29.0 Å². The Kier molecular flexibility index (Phi) is 5.36. The fraction of sp³-hybridized carbons (Fsp3) is 0.647. The van der Waals surface area contributed by atoms with Crippen molar-refractivity contribution in [1.82, 2.24) is 24.0 Å². The molecule has 1 aliphatic heterocycles. The average Bonchev–Trinajstić information content (AvgIpc) is 3.02. The van der Waals surface area contributed by atoms with E-state index < -0.39 is 23.7 Å². The Bertz CT molecular complexity index is 964. The second-order valence-electron chi connectivity index (χ2n) is 7.35. The molecule has 3 rings (SSSR count). The fourth-order valence-electron chi connectivity index (χ4n) is 3.36. The highest BCUT2D eigenvalue weighted by atomic mass is 16.2. The van der Waals surface area contributed by atoms with Crippen LogP contribution in [0, 0.1) is 5.92 Å². The Morgan fingerprint density at radius 1 is 1.22 bits per heavy atom. The average molecular weight is 377 g/mol. The first kappa shape index (κ1) is 19.2. The quantitative estimate of drug-likeness (QED) is 0.655. The maximum absolute atomic E-state index is 13.0. The molecule has 0 aromatic carbocycles. The van der Waals surface area contributed by atoms with Crippen molar-refractivity contribution in [1.29, 1.82) is 0 Å². The Morgan fingerprint density at radius 2 is 1.89 bits per heavy atom. The van der Waals surface area contributed by atoms with Crippen LogP contribution in [0.1, 0.15) is 20.3 Å². The van der Waals surface area contributed by atoms with Crippen molar-refractivity contribution in [2.24, 2.45) is 18.7 Å². The number of nitrogens with one attached hydrogen (secondary N) is 1. The molecule has 1 amide bonds. The number of carbonyl (C=O) groups excluding carboxylic acids is 1. The molecule has 0 saturated carbocycles. The molecule has 10 nitrogen and oxygen atoms in total. The largest absolute Gasteiger partial charge is 0.368 e. The zero-order chi connectivity index (χ0) is 19.7. The zero-order valence-corrected chi connectivity index (χ0v) is 16.1. The molecular formula is C17H27N7O3. The van der Waals surface area contributed by atoms with Crippen LogP contribution >= 0.6 is 0 Å². The van der Waals surface area contributed by atoms with Crippen LogP contribution in [0.5, 0.6) is 0 Å². The Labute approximate surface area is 156 Å². The van der Waals surface area contributed by atoms with E-state index in [9.17, 15) is 14.4 Å². The highest BCUT2D eigenvalue weighted by Gasteiger charge is 2.24. The summed E-state index contributed by atoms with van der Waals surface area (Å²) in [5.41, 5.74) is 4.79. The van der Waals surface area contributed by atoms with Crippen LogP contribution in [0.15, 0.2) is 9.59 Å². The van der Waals surface area contributed by atoms with E-state index in [1.807, 2.05) is 4.57 Å². The number of carbonyl (C=O) groups is 1. The predicted octanol–water partition coefficient (Wildman–Crippen LogP) is -1.16. The minimum Gasteiger partial charge on any atom is -0.368 e. The molecule has 0 aliphatic carbocycles. The number of imidazole rings is 1. The first-order chi connectivity index (χ1) is 12.8. The summed E-state index contributed by atoms with van der Waals surface area (Å²) in [5.74, 6) is 0.402. The molecule has 2 aromatic rings. The van der Waals surface area contributed by atoms with Crippen LogP contribution in [-0.2, 0) is 24.9 Å². The summed E-state index contributed by atoms with van der Waals surface area (Å²) in [4.78, 5) is 43.7. The molecule has 27 heavy (non-hydrogen) atoms. The number of hydrogen-bond donors (Lipinski definition) is 2. The van der Waals surface area contributed by atoms with E-state index in [0.717, 1.165) is 37.2 Å². The highest BCUT2D eigenvalue weighted by molar-refractivity contribution is 5.76. The third kappa shape index (κ3) is 3.61. The molecule has 10 heteroatoms. The topological polar surface area (TPSA) is 120 Å². The number of amides is 1. The van der Waals surface area contributed by atoms with E-state index in [-0.39, 0.29) is 0 Å². The Balaban J connectivity index is 2.26. The van der Waals surface area contributed by atoms with Gasteiger partial charge in [-0.15, -0.1) is 0 Å². The second kappa shape index (κ2) is 7.55. The summed E-state index contributed by atoms with van der Waals surface area (Å²) in [6.07, 6.45) is 0.864. The van der Waals surface area contributed by atoms with Crippen molar-refractivity contribution < 1.29 is 4.79 Å². The minimum atomic E-state index is -0.732. The number of nitrogens with zero attached hydrogens (tertiary/aromatic N) is 5. The van der Waals surface area contributed by atoms with Crippen LogP contribution in [0.3, 0.4) is 0 Å². The number of aromatic nitrogens is 4. The van der Waals surface area contributed by atoms with Gasteiger partial charge in [0.2, 0.25) is 11.9 Å². The van der Waals surface area contributed by atoms with Gasteiger partial charge in [0.25, 0.3) is 5.56 Å². The third-order valence-corrected chi connectivity index (χ3v) is 4.86. The molecule has 1 aliphatic rings. The Morgan fingerprint density at radius 3 is 2.48 bits per heavy atom. The summed E-state index contributed by atoms with van der Waals surface area (Å²) in [5, 5.41) is 3.30. The standard InChI is InChI=1S/C17H27N7O3/c1-11(2)4-7-23-13-14(20-16(23)22-8-5-19-6-9-22)21(3)17(27)24(15(13)26)10-12(18)25/h11,19H,4-10H2,1-3H3,(H2,18,25). The lowest BCUT2D eigenvalue weighted by molar-refractivity contribution is -0.118. The van der Waals surface area contributed by atoms with Crippen molar-refractivity contribution >= 4 is 23.0 Å². The molecule has 148 valence electrons. The molecular weight excluding hydrogens is 350 g/mol. The van der Waals surface area contributed by atoms with Gasteiger partial charge in [-0.1, -0.05) is 13.8 Å². The molecule has 3 heterocycles. The molecule has 0 bridgehead atoms. The summed E-state index contributed by atoms with van der Waals surface area (Å²) < 4.78 is 4.09. The van der Waals surface area contributed by atoms with Gasteiger partial charge in [0.1, 0.15) is 6.54 Å². The van der Waals surface area contributed by atoms with Crippen LogP contribution in [0.2, 0.25) is 0 Å². The maximum atomic E-state index is 13.0. The van der Waals surface area contributed by atoms with Crippen molar-refractivity contribution in [3.05, 3.63) is 20.8 Å². The van der Waals surface area contributed by atoms with Gasteiger partial charge < -0.3 is 20.5 Å². The first-order valence-corrected chi connectivity index (χ1v) is 9.25. The smallest absolute Gasteiger partial charge is 0.332 e. The summed E-state index contributed by atoms with van der Waals surface area (Å²) in [6, 6.07) is 0. The van der Waals surface area contributed by atoms with Crippen LogP contribution in [0.4, 0.5) is 5.95 Å². The number of anilines is 1. The van der Waals surface area contributed by atoms with Gasteiger partial charge in [0.15, 0.2) is 11.2 Å². The molecule has 2 aromatic heterocycles. The molecule has 1 fully saturated rings. The number of piperazine rings is 1. The van der Waals surface area contributed by atoms with Gasteiger partial charge in [0, 0.05) is 39.8 Å². The number of primary amides is 1. The molecule has 0 spiro atoms. The predicted molar refractivity (Wildman–Crippen MR) is 103 cm³/mol. The number of nitrogens with two attached hydrogens (primary N) is 1. The number of rotatable bonds is 6. The van der Waals surface area contributed by atoms with Gasteiger partial charge in [-0.05, 0) is 12.3 Å². The monoisotopic (exact) mass is 377 g/mol. The van der Waals surface area contributed by atoms with E-state index in [4.69, 9.17) is 5.73 Å². The fourth-order valence-corrected chi connectivity index (χ4v) is 3.36. The van der Waals surface area contributed by atoms with Gasteiger partial charge in [-0.25, -0.2) is 9.36 Å². The van der Waals surface area contributed by atoms with Gasteiger partial charge in [-0.2, -0.15) is 4.98 Å². The van der Waals surface area contributed by atoms with E-state index in [1.54, 1.807) is 7.05 Å². The van der Waals surface area contributed by atoms with Crippen molar-refractivity contribution in [3.63, 3.8) is 0 Å². The molecule has 3 N–H and O–H groups in total.